The fourth-order valence-corrected chi connectivity index (χ4v) is 3.95. The zero-order chi connectivity index (χ0) is 15.9. The highest BCUT2D eigenvalue weighted by atomic mass is 16.7. The molecule has 1 aromatic heterocycles. The number of fused-ring (bicyclic) bond motifs is 1. The van der Waals surface area contributed by atoms with Gasteiger partial charge in [-0.1, -0.05) is 6.92 Å². The Labute approximate surface area is 136 Å². The number of ether oxygens (including phenoxy) is 2. The molecule has 0 saturated carbocycles. The van der Waals surface area contributed by atoms with Crippen molar-refractivity contribution in [2.45, 2.75) is 51.4 Å². The molecule has 126 valence electrons. The predicted octanol–water partition coefficient (Wildman–Crippen LogP) is 1.37. The van der Waals surface area contributed by atoms with E-state index in [1.807, 2.05) is 9.58 Å². The van der Waals surface area contributed by atoms with Gasteiger partial charge in [0.1, 0.15) is 6.54 Å². The Morgan fingerprint density at radius 1 is 1.35 bits per heavy atom. The Kier molecular flexibility index (Phi) is 3.89. The van der Waals surface area contributed by atoms with Gasteiger partial charge in [-0.3, -0.25) is 9.48 Å². The highest BCUT2D eigenvalue weighted by Gasteiger charge is 2.40. The van der Waals surface area contributed by atoms with Crippen LogP contribution >= 0.6 is 0 Å². The fourth-order valence-electron chi connectivity index (χ4n) is 3.95. The molecule has 3 aliphatic rings. The smallest absolute Gasteiger partial charge is 0.244 e. The average molecular weight is 319 g/mol. The molecule has 2 fully saturated rings. The maximum Gasteiger partial charge on any atom is 0.244 e. The number of amides is 1. The van der Waals surface area contributed by atoms with Gasteiger partial charge in [0.15, 0.2) is 5.79 Å². The lowest BCUT2D eigenvalue weighted by Crippen LogP contribution is -2.48. The molecule has 1 atom stereocenters. The van der Waals surface area contributed by atoms with Crippen LogP contribution in [0.3, 0.4) is 0 Å². The quantitative estimate of drug-likeness (QED) is 0.826. The molecule has 2 aliphatic heterocycles. The summed E-state index contributed by atoms with van der Waals surface area (Å²) in [5, 5.41) is 4.61. The number of likely N-dealkylation sites (tertiary alicyclic amines) is 1. The largest absolute Gasteiger partial charge is 0.347 e. The van der Waals surface area contributed by atoms with E-state index in [4.69, 9.17) is 9.47 Å². The van der Waals surface area contributed by atoms with E-state index in [2.05, 4.69) is 18.2 Å². The normalized spacial score (nSPS) is 26.5. The summed E-state index contributed by atoms with van der Waals surface area (Å²) in [5.74, 6) is 0.448. The van der Waals surface area contributed by atoms with Crippen LogP contribution in [0.15, 0.2) is 6.20 Å². The molecule has 0 bridgehead atoms. The first-order valence-electron chi connectivity index (χ1n) is 8.74. The Balaban J connectivity index is 1.35. The monoisotopic (exact) mass is 319 g/mol. The number of piperidine rings is 1. The molecule has 1 aromatic rings. The summed E-state index contributed by atoms with van der Waals surface area (Å²) >= 11 is 0. The predicted molar refractivity (Wildman–Crippen MR) is 83.9 cm³/mol. The van der Waals surface area contributed by atoms with E-state index < -0.39 is 5.79 Å². The minimum atomic E-state index is -0.419. The van der Waals surface area contributed by atoms with Crippen molar-refractivity contribution in [3.63, 3.8) is 0 Å². The first kappa shape index (κ1) is 15.1. The number of hydrogen-bond donors (Lipinski definition) is 0. The van der Waals surface area contributed by atoms with Gasteiger partial charge in [-0.15, -0.1) is 0 Å². The Bertz CT molecular complexity index is 582. The van der Waals surface area contributed by atoms with Gasteiger partial charge in [0.25, 0.3) is 0 Å². The molecule has 1 aliphatic carbocycles. The van der Waals surface area contributed by atoms with Crippen LogP contribution in [0.4, 0.5) is 0 Å². The topological polar surface area (TPSA) is 56.6 Å². The van der Waals surface area contributed by atoms with Gasteiger partial charge in [0.2, 0.25) is 5.91 Å². The first-order chi connectivity index (χ1) is 11.1. The van der Waals surface area contributed by atoms with Crippen molar-refractivity contribution < 1.29 is 14.3 Å². The van der Waals surface area contributed by atoms with Crippen LogP contribution in [-0.4, -0.2) is 52.7 Å². The molecule has 0 aromatic carbocycles. The molecule has 2 saturated heterocycles. The minimum absolute atomic E-state index is 0.144. The van der Waals surface area contributed by atoms with E-state index in [0.717, 1.165) is 31.6 Å². The van der Waals surface area contributed by atoms with E-state index in [1.54, 1.807) is 0 Å². The molecule has 0 radical (unpaired) electrons. The van der Waals surface area contributed by atoms with E-state index >= 15 is 0 Å². The minimum Gasteiger partial charge on any atom is -0.347 e. The number of carbonyl (C=O) groups excluding carboxylic acids is 1. The molecule has 6 heteroatoms. The van der Waals surface area contributed by atoms with Crippen molar-refractivity contribution in [1.82, 2.24) is 14.7 Å². The molecule has 1 amide bonds. The van der Waals surface area contributed by atoms with Crippen LogP contribution in [-0.2, 0) is 33.7 Å². The lowest BCUT2D eigenvalue weighted by Gasteiger charge is -2.37. The number of carbonyl (C=O) groups is 1. The van der Waals surface area contributed by atoms with Crippen molar-refractivity contribution in [2.75, 3.05) is 26.3 Å². The number of rotatable bonds is 2. The summed E-state index contributed by atoms with van der Waals surface area (Å²) < 4.78 is 13.3. The van der Waals surface area contributed by atoms with E-state index in [0.29, 0.717) is 32.8 Å². The standard InChI is InChI=1S/C17H25N3O3/c1-13-2-3-15-14(10-13)11-20(18-15)12-16(21)19-6-4-17(5-7-19)22-8-9-23-17/h11,13H,2-10,12H2,1H3. The van der Waals surface area contributed by atoms with Crippen molar-refractivity contribution in [2.24, 2.45) is 5.92 Å². The van der Waals surface area contributed by atoms with Gasteiger partial charge in [-0.25, -0.2) is 0 Å². The summed E-state index contributed by atoms with van der Waals surface area (Å²) in [5.41, 5.74) is 2.50. The molecule has 0 N–H and O–H groups in total. The third-order valence-electron chi connectivity index (χ3n) is 5.36. The van der Waals surface area contributed by atoms with Crippen LogP contribution in [0.2, 0.25) is 0 Å². The maximum absolute atomic E-state index is 12.5. The second-order valence-corrected chi connectivity index (χ2v) is 7.13. The highest BCUT2D eigenvalue weighted by molar-refractivity contribution is 5.76. The summed E-state index contributed by atoms with van der Waals surface area (Å²) in [6, 6.07) is 0. The molecule has 4 rings (SSSR count). The molecule has 3 heterocycles. The third kappa shape index (κ3) is 3.02. The molecule has 6 nitrogen and oxygen atoms in total. The second-order valence-electron chi connectivity index (χ2n) is 7.13. The lowest BCUT2D eigenvalue weighted by atomic mass is 9.89. The van der Waals surface area contributed by atoms with Crippen LogP contribution in [0, 0.1) is 5.92 Å². The third-order valence-corrected chi connectivity index (χ3v) is 5.36. The van der Waals surface area contributed by atoms with Crippen LogP contribution in [0.1, 0.15) is 37.4 Å². The van der Waals surface area contributed by atoms with Gasteiger partial charge in [-0.05, 0) is 30.7 Å². The van der Waals surface area contributed by atoms with Gasteiger partial charge in [0.05, 0.1) is 18.9 Å². The number of aryl methyl sites for hydroxylation is 1. The number of hydrogen-bond acceptors (Lipinski definition) is 4. The summed E-state index contributed by atoms with van der Waals surface area (Å²) in [4.78, 5) is 14.4. The zero-order valence-electron chi connectivity index (χ0n) is 13.8. The Morgan fingerprint density at radius 3 is 2.83 bits per heavy atom. The Morgan fingerprint density at radius 2 is 2.09 bits per heavy atom. The summed E-state index contributed by atoms with van der Waals surface area (Å²) in [6.07, 6.45) is 6.93. The highest BCUT2D eigenvalue weighted by Crippen LogP contribution is 2.31. The van der Waals surface area contributed by atoms with Crippen LogP contribution in [0.5, 0.6) is 0 Å². The molecule has 1 unspecified atom stereocenters. The van der Waals surface area contributed by atoms with Crippen molar-refractivity contribution in [1.29, 1.82) is 0 Å². The Hall–Kier alpha value is -1.40. The van der Waals surface area contributed by atoms with Crippen molar-refractivity contribution in [3.05, 3.63) is 17.5 Å². The first-order valence-corrected chi connectivity index (χ1v) is 8.74. The number of aromatic nitrogens is 2. The van der Waals surface area contributed by atoms with E-state index in [-0.39, 0.29) is 5.91 Å². The molecule has 23 heavy (non-hydrogen) atoms. The van der Waals surface area contributed by atoms with Crippen LogP contribution in [0.25, 0.3) is 0 Å². The summed E-state index contributed by atoms with van der Waals surface area (Å²) in [7, 11) is 0. The maximum atomic E-state index is 12.5. The lowest BCUT2D eigenvalue weighted by molar-refractivity contribution is -0.187. The molecule has 1 spiro atoms. The van der Waals surface area contributed by atoms with Crippen LogP contribution < -0.4 is 0 Å². The molecular weight excluding hydrogens is 294 g/mol. The SMILES string of the molecule is CC1CCc2nn(CC(=O)N3CCC4(CC3)OCCO4)cc2C1. The molecular formula is C17H25N3O3. The number of nitrogens with zero attached hydrogens (tertiary/aromatic N) is 3. The van der Waals surface area contributed by atoms with Gasteiger partial charge < -0.3 is 14.4 Å². The van der Waals surface area contributed by atoms with E-state index in [1.165, 1.54) is 17.7 Å². The van der Waals surface area contributed by atoms with Gasteiger partial charge >= 0.3 is 0 Å². The van der Waals surface area contributed by atoms with Crippen molar-refractivity contribution >= 4 is 5.91 Å². The van der Waals surface area contributed by atoms with Gasteiger partial charge in [-0.2, -0.15) is 5.10 Å². The zero-order valence-corrected chi connectivity index (χ0v) is 13.8. The second kappa shape index (κ2) is 5.91. The summed E-state index contributed by atoms with van der Waals surface area (Å²) in [6.45, 7) is 5.38. The van der Waals surface area contributed by atoms with E-state index in [9.17, 15) is 4.79 Å². The average Bonchev–Trinajstić information content (AvgIpc) is 3.14. The van der Waals surface area contributed by atoms with Gasteiger partial charge in [0, 0.05) is 32.1 Å². The van der Waals surface area contributed by atoms with Crippen molar-refractivity contribution in [3.8, 4) is 0 Å². The fraction of sp³-hybridized carbons (Fsp3) is 0.765.